The van der Waals surface area contributed by atoms with E-state index in [1.807, 2.05) is 0 Å². The Labute approximate surface area is 110 Å². The molecule has 1 aromatic rings. The molecular formula is C15H25N3. The summed E-state index contributed by atoms with van der Waals surface area (Å²) in [7, 11) is 0. The predicted molar refractivity (Wildman–Crippen MR) is 73.6 cm³/mol. The van der Waals surface area contributed by atoms with Gasteiger partial charge in [-0.2, -0.15) is 0 Å². The summed E-state index contributed by atoms with van der Waals surface area (Å²) in [6, 6.07) is 0.695. The monoisotopic (exact) mass is 247 g/mol. The van der Waals surface area contributed by atoms with Crippen molar-refractivity contribution in [1.29, 1.82) is 0 Å². The molecule has 18 heavy (non-hydrogen) atoms. The van der Waals surface area contributed by atoms with Gasteiger partial charge in [0.05, 0.1) is 5.69 Å². The van der Waals surface area contributed by atoms with Gasteiger partial charge in [0.15, 0.2) is 0 Å². The second kappa shape index (κ2) is 4.09. The molecule has 1 saturated carbocycles. The molecule has 0 bridgehead atoms. The van der Waals surface area contributed by atoms with Crippen LogP contribution in [0, 0.1) is 11.3 Å². The molecule has 1 unspecified atom stereocenters. The summed E-state index contributed by atoms with van der Waals surface area (Å²) >= 11 is 0. The molecule has 0 spiro atoms. The number of nitrogens with one attached hydrogen (secondary N) is 1. The number of imidazole rings is 1. The van der Waals surface area contributed by atoms with Crippen molar-refractivity contribution in [3.63, 3.8) is 0 Å². The van der Waals surface area contributed by atoms with Crippen LogP contribution in [0.25, 0.3) is 0 Å². The van der Waals surface area contributed by atoms with E-state index in [0.29, 0.717) is 17.4 Å². The molecule has 3 heteroatoms. The van der Waals surface area contributed by atoms with Crippen molar-refractivity contribution in [3.05, 3.63) is 17.2 Å². The lowest BCUT2D eigenvalue weighted by Gasteiger charge is -2.18. The molecule has 1 atom stereocenters. The zero-order valence-corrected chi connectivity index (χ0v) is 12.1. The first-order chi connectivity index (χ1) is 8.49. The molecule has 1 aliphatic heterocycles. The second-order valence-electron chi connectivity index (χ2n) is 7.02. The molecule has 0 saturated heterocycles. The van der Waals surface area contributed by atoms with Crippen molar-refractivity contribution in [2.45, 2.75) is 59.5 Å². The normalized spacial score (nSPS) is 25.3. The molecule has 1 N–H and O–H groups in total. The average molecular weight is 247 g/mol. The standard InChI is InChI=1S/C15H25N3/c1-10(2)7-14-17-11-9-16-6-5-12(11)18(14)13-8-15(13,3)4/h10,13,16H,5-9H2,1-4H3. The van der Waals surface area contributed by atoms with Crippen LogP contribution in [0.5, 0.6) is 0 Å². The van der Waals surface area contributed by atoms with E-state index in [4.69, 9.17) is 4.98 Å². The highest BCUT2D eigenvalue weighted by Gasteiger charge is 2.49. The van der Waals surface area contributed by atoms with Crippen molar-refractivity contribution in [3.8, 4) is 0 Å². The van der Waals surface area contributed by atoms with Crippen molar-refractivity contribution < 1.29 is 0 Å². The van der Waals surface area contributed by atoms with Crippen LogP contribution in [0.1, 0.15) is 57.4 Å². The third kappa shape index (κ3) is 1.99. The summed E-state index contributed by atoms with van der Waals surface area (Å²) in [6.07, 6.45) is 3.57. The van der Waals surface area contributed by atoms with E-state index < -0.39 is 0 Å². The highest BCUT2D eigenvalue weighted by Crippen LogP contribution is 2.56. The molecule has 2 aliphatic rings. The van der Waals surface area contributed by atoms with Crippen LogP contribution < -0.4 is 5.32 Å². The Morgan fingerprint density at radius 3 is 2.78 bits per heavy atom. The summed E-state index contributed by atoms with van der Waals surface area (Å²) in [5.41, 5.74) is 3.30. The van der Waals surface area contributed by atoms with Crippen LogP contribution in [0.15, 0.2) is 0 Å². The van der Waals surface area contributed by atoms with Crippen molar-refractivity contribution in [2.75, 3.05) is 6.54 Å². The minimum Gasteiger partial charge on any atom is -0.328 e. The van der Waals surface area contributed by atoms with E-state index in [9.17, 15) is 0 Å². The number of hydrogen-bond acceptors (Lipinski definition) is 2. The molecule has 3 rings (SSSR count). The minimum atomic E-state index is 0.477. The highest BCUT2D eigenvalue weighted by molar-refractivity contribution is 5.24. The fourth-order valence-electron chi connectivity index (χ4n) is 3.15. The lowest BCUT2D eigenvalue weighted by Crippen LogP contribution is -2.25. The van der Waals surface area contributed by atoms with Gasteiger partial charge in [-0.3, -0.25) is 0 Å². The maximum absolute atomic E-state index is 4.92. The van der Waals surface area contributed by atoms with Gasteiger partial charge in [-0.1, -0.05) is 27.7 Å². The quantitative estimate of drug-likeness (QED) is 0.890. The van der Waals surface area contributed by atoms with Crippen molar-refractivity contribution in [2.24, 2.45) is 11.3 Å². The SMILES string of the molecule is CC(C)Cc1nc2c(n1C1CC1(C)C)CCNC2. The van der Waals surface area contributed by atoms with Crippen LogP contribution in [-0.4, -0.2) is 16.1 Å². The van der Waals surface area contributed by atoms with Gasteiger partial charge in [-0.05, 0) is 17.8 Å². The van der Waals surface area contributed by atoms with Gasteiger partial charge in [0.2, 0.25) is 0 Å². The van der Waals surface area contributed by atoms with Crippen LogP contribution in [0.3, 0.4) is 0 Å². The molecule has 1 aromatic heterocycles. The number of aromatic nitrogens is 2. The first-order valence-corrected chi connectivity index (χ1v) is 7.28. The van der Waals surface area contributed by atoms with Crippen LogP contribution in [-0.2, 0) is 19.4 Å². The van der Waals surface area contributed by atoms with E-state index >= 15 is 0 Å². The smallest absolute Gasteiger partial charge is 0.109 e. The largest absolute Gasteiger partial charge is 0.328 e. The summed E-state index contributed by atoms with van der Waals surface area (Å²) in [5, 5.41) is 3.44. The molecule has 1 fully saturated rings. The van der Waals surface area contributed by atoms with Crippen molar-refractivity contribution in [1.82, 2.24) is 14.9 Å². The number of hydrogen-bond donors (Lipinski definition) is 1. The molecule has 0 aromatic carbocycles. The lowest BCUT2D eigenvalue weighted by atomic mass is 10.1. The van der Waals surface area contributed by atoms with Gasteiger partial charge in [0, 0.05) is 37.7 Å². The number of nitrogens with zero attached hydrogens (tertiary/aromatic N) is 2. The maximum Gasteiger partial charge on any atom is 0.109 e. The summed E-state index contributed by atoms with van der Waals surface area (Å²) in [6.45, 7) is 11.4. The van der Waals surface area contributed by atoms with Crippen molar-refractivity contribution >= 4 is 0 Å². The van der Waals surface area contributed by atoms with E-state index in [1.165, 1.54) is 23.6 Å². The van der Waals surface area contributed by atoms with Crippen LogP contribution >= 0.6 is 0 Å². The number of rotatable bonds is 3. The Kier molecular flexibility index (Phi) is 2.77. The Hall–Kier alpha value is -0.830. The zero-order chi connectivity index (χ0) is 12.9. The third-order valence-corrected chi connectivity index (χ3v) is 4.36. The molecule has 0 amide bonds. The van der Waals surface area contributed by atoms with Gasteiger partial charge >= 0.3 is 0 Å². The van der Waals surface area contributed by atoms with Gasteiger partial charge in [0.25, 0.3) is 0 Å². The molecular weight excluding hydrogens is 222 g/mol. The fourth-order valence-corrected chi connectivity index (χ4v) is 3.15. The molecule has 0 radical (unpaired) electrons. The predicted octanol–water partition coefficient (Wildman–Crippen LogP) is 2.70. The summed E-state index contributed by atoms with van der Waals surface area (Å²) < 4.78 is 2.59. The molecule has 1 aliphatic carbocycles. The molecule has 3 nitrogen and oxygen atoms in total. The summed E-state index contributed by atoms with van der Waals surface area (Å²) in [5.74, 6) is 2.01. The van der Waals surface area contributed by atoms with Gasteiger partial charge in [0.1, 0.15) is 5.82 Å². The van der Waals surface area contributed by atoms with E-state index in [1.54, 1.807) is 0 Å². The fraction of sp³-hybridized carbons (Fsp3) is 0.800. The van der Waals surface area contributed by atoms with Gasteiger partial charge in [-0.25, -0.2) is 4.98 Å². The lowest BCUT2D eigenvalue weighted by molar-refractivity contribution is 0.491. The molecule has 100 valence electrons. The highest BCUT2D eigenvalue weighted by atomic mass is 15.2. The molecule has 2 heterocycles. The first kappa shape index (κ1) is 12.2. The van der Waals surface area contributed by atoms with Gasteiger partial charge < -0.3 is 9.88 Å². The Balaban J connectivity index is 2.00. The zero-order valence-electron chi connectivity index (χ0n) is 12.1. The number of fused-ring (bicyclic) bond motifs is 1. The van der Waals surface area contributed by atoms with Crippen LogP contribution in [0.2, 0.25) is 0 Å². The first-order valence-electron chi connectivity index (χ1n) is 7.28. The van der Waals surface area contributed by atoms with Crippen LogP contribution in [0.4, 0.5) is 0 Å². The average Bonchev–Trinajstić information content (AvgIpc) is 2.77. The maximum atomic E-state index is 4.92. The van der Waals surface area contributed by atoms with E-state index in [2.05, 4.69) is 37.6 Å². The van der Waals surface area contributed by atoms with E-state index in [0.717, 1.165) is 25.9 Å². The Morgan fingerprint density at radius 2 is 2.17 bits per heavy atom. The second-order valence-corrected chi connectivity index (χ2v) is 7.02. The van der Waals surface area contributed by atoms with Gasteiger partial charge in [-0.15, -0.1) is 0 Å². The Morgan fingerprint density at radius 1 is 1.44 bits per heavy atom. The summed E-state index contributed by atoms with van der Waals surface area (Å²) in [4.78, 5) is 4.92. The Bertz CT molecular complexity index is 457. The van der Waals surface area contributed by atoms with E-state index in [-0.39, 0.29) is 0 Å². The minimum absolute atomic E-state index is 0.477. The topological polar surface area (TPSA) is 29.9 Å². The third-order valence-electron chi connectivity index (χ3n) is 4.36.